The fourth-order valence-electron chi connectivity index (χ4n) is 12.1. The van der Waals surface area contributed by atoms with Gasteiger partial charge in [0.05, 0.1) is 34.4 Å². The van der Waals surface area contributed by atoms with Crippen LogP contribution in [0.25, 0.3) is 0 Å². The van der Waals surface area contributed by atoms with Gasteiger partial charge in [-0.25, -0.2) is 4.79 Å². The number of ether oxygens (including phenoxy) is 4. The maximum absolute atomic E-state index is 13.0. The van der Waals surface area contributed by atoms with Crippen LogP contribution < -0.4 is 0 Å². The molecule has 0 bridgehead atoms. The SMILES string of the molecule is CCCCCCCCCC/C=C\CCCCCCCCCCCCCCCCCCCC(=O)OC(COC(=O)CCCCCCCCCCCCCCCCCCCCCCCCCCCCCCCCCCC)COC(OCC[N+](C)(C)C)C(=O)O. The summed E-state index contributed by atoms with van der Waals surface area (Å²) in [5, 5.41) is 9.76. The van der Waals surface area contributed by atoms with E-state index in [9.17, 15) is 19.5 Å². The van der Waals surface area contributed by atoms with E-state index in [-0.39, 0.29) is 38.2 Å². The minimum absolute atomic E-state index is 0.173. The Kier molecular flexibility index (Phi) is 68.3. The highest BCUT2D eigenvalue weighted by Crippen LogP contribution is 2.20. The topological polar surface area (TPSA) is 108 Å². The second-order valence-electron chi connectivity index (χ2n) is 28.0. The third-order valence-electron chi connectivity index (χ3n) is 18.0. The Labute approximate surface area is 542 Å². The van der Waals surface area contributed by atoms with E-state index >= 15 is 0 Å². The maximum Gasteiger partial charge on any atom is 0.361 e. The molecule has 2 atom stereocenters. The number of esters is 2. The van der Waals surface area contributed by atoms with Gasteiger partial charge in [-0.2, -0.15) is 0 Å². The van der Waals surface area contributed by atoms with Gasteiger partial charge in [-0.3, -0.25) is 9.59 Å². The molecule has 0 aromatic carbocycles. The molecule has 0 fully saturated rings. The van der Waals surface area contributed by atoms with Crippen molar-refractivity contribution in [1.82, 2.24) is 0 Å². The monoisotopic (exact) mass is 1230 g/mol. The van der Waals surface area contributed by atoms with Gasteiger partial charge in [-0.15, -0.1) is 0 Å². The molecule has 0 rings (SSSR count). The average Bonchev–Trinajstić information content (AvgIpc) is 3.57. The highest BCUT2D eigenvalue weighted by atomic mass is 16.7. The first-order valence-corrected chi connectivity index (χ1v) is 38.9. The van der Waals surface area contributed by atoms with E-state index in [0.717, 1.165) is 38.5 Å². The van der Waals surface area contributed by atoms with E-state index < -0.39 is 18.4 Å². The molecule has 87 heavy (non-hydrogen) atoms. The summed E-state index contributed by atoms with van der Waals surface area (Å²) >= 11 is 0. The molecule has 0 aliphatic rings. The third-order valence-corrected chi connectivity index (χ3v) is 18.0. The van der Waals surface area contributed by atoms with E-state index in [0.29, 0.717) is 17.4 Å². The lowest BCUT2D eigenvalue weighted by Gasteiger charge is -2.25. The lowest BCUT2D eigenvalue weighted by molar-refractivity contribution is -0.870. The number of hydrogen-bond donors (Lipinski definition) is 1. The number of rotatable bonds is 74. The molecular formula is C78H152NO8+. The van der Waals surface area contributed by atoms with Gasteiger partial charge < -0.3 is 28.5 Å². The van der Waals surface area contributed by atoms with Gasteiger partial charge >= 0.3 is 17.9 Å². The molecule has 0 radical (unpaired) electrons. The molecular weight excluding hydrogens is 1080 g/mol. The summed E-state index contributed by atoms with van der Waals surface area (Å²) < 4.78 is 23.1. The smallest absolute Gasteiger partial charge is 0.361 e. The summed E-state index contributed by atoms with van der Waals surface area (Å²) in [5.41, 5.74) is 0. The van der Waals surface area contributed by atoms with Crippen molar-refractivity contribution >= 4 is 17.9 Å². The van der Waals surface area contributed by atoms with Crippen LogP contribution in [0.5, 0.6) is 0 Å². The quantitative estimate of drug-likeness (QED) is 0.0211. The van der Waals surface area contributed by atoms with Crippen molar-refractivity contribution < 1.29 is 42.9 Å². The Bertz CT molecular complexity index is 1430. The van der Waals surface area contributed by atoms with Crippen LogP contribution in [0.3, 0.4) is 0 Å². The molecule has 0 aliphatic heterocycles. The normalized spacial score (nSPS) is 12.6. The molecule has 0 aromatic heterocycles. The lowest BCUT2D eigenvalue weighted by atomic mass is 10.0. The van der Waals surface area contributed by atoms with E-state index in [1.54, 1.807) is 0 Å². The van der Waals surface area contributed by atoms with Crippen molar-refractivity contribution in [2.24, 2.45) is 0 Å². The molecule has 9 nitrogen and oxygen atoms in total. The van der Waals surface area contributed by atoms with Crippen molar-refractivity contribution in [1.29, 1.82) is 0 Å². The third kappa shape index (κ3) is 71.3. The number of carboxylic acid groups (broad SMARTS) is 1. The summed E-state index contributed by atoms with van der Waals surface area (Å²) in [5.74, 6) is -1.97. The van der Waals surface area contributed by atoms with Crippen LogP contribution in [-0.2, 0) is 33.3 Å². The van der Waals surface area contributed by atoms with E-state index in [1.807, 2.05) is 21.1 Å². The molecule has 9 heteroatoms. The Hall–Kier alpha value is -1.97. The molecule has 0 amide bonds. The fourth-order valence-corrected chi connectivity index (χ4v) is 12.1. The first-order valence-electron chi connectivity index (χ1n) is 38.9. The van der Waals surface area contributed by atoms with Crippen LogP contribution in [0.4, 0.5) is 0 Å². The highest BCUT2D eigenvalue weighted by molar-refractivity contribution is 5.71. The first kappa shape index (κ1) is 85.0. The molecule has 0 aliphatic carbocycles. The van der Waals surface area contributed by atoms with Gasteiger partial charge in [0, 0.05) is 12.8 Å². The zero-order valence-electron chi connectivity index (χ0n) is 59.2. The predicted octanol–water partition coefficient (Wildman–Crippen LogP) is 24.4. The fraction of sp³-hybridized carbons (Fsp3) is 0.936. The van der Waals surface area contributed by atoms with Crippen molar-refractivity contribution in [3.63, 3.8) is 0 Å². The molecule has 0 spiro atoms. The molecule has 1 N–H and O–H groups in total. The van der Waals surface area contributed by atoms with E-state index in [2.05, 4.69) is 26.0 Å². The number of carbonyl (C=O) groups is 3. The Morgan fingerprint density at radius 1 is 0.333 bits per heavy atom. The van der Waals surface area contributed by atoms with Crippen molar-refractivity contribution in [3.05, 3.63) is 12.2 Å². The molecule has 0 saturated carbocycles. The van der Waals surface area contributed by atoms with Crippen LogP contribution in [-0.4, -0.2) is 87.4 Å². The van der Waals surface area contributed by atoms with Crippen molar-refractivity contribution in [2.75, 3.05) is 47.5 Å². The second kappa shape index (κ2) is 69.9. The number of nitrogens with zero attached hydrogens (tertiary/aromatic N) is 1. The first-order chi connectivity index (χ1) is 42.6. The van der Waals surface area contributed by atoms with Crippen LogP contribution in [0, 0.1) is 0 Å². The Balaban J connectivity index is 3.98. The van der Waals surface area contributed by atoms with E-state index in [1.165, 1.54) is 347 Å². The van der Waals surface area contributed by atoms with E-state index in [4.69, 9.17) is 18.9 Å². The van der Waals surface area contributed by atoms with Gasteiger partial charge in [-0.05, 0) is 38.5 Å². The summed E-state index contributed by atoms with van der Waals surface area (Å²) in [6.45, 7) is 4.97. The van der Waals surface area contributed by atoms with Gasteiger partial charge in [-0.1, -0.05) is 373 Å². The largest absolute Gasteiger partial charge is 0.477 e. The number of unbranched alkanes of at least 4 members (excludes halogenated alkanes) is 57. The summed E-state index contributed by atoms with van der Waals surface area (Å²) in [6.07, 6.45) is 83.7. The average molecular weight is 1230 g/mol. The highest BCUT2D eigenvalue weighted by Gasteiger charge is 2.25. The second-order valence-corrected chi connectivity index (χ2v) is 28.0. The van der Waals surface area contributed by atoms with Crippen LogP contribution >= 0.6 is 0 Å². The minimum atomic E-state index is -1.51. The van der Waals surface area contributed by atoms with Gasteiger partial charge in [0.15, 0.2) is 6.10 Å². The standard InChI is InChI=1S/C78H151NO8/c1-6-8-10-12-14-16-18-20-22-24-26-28-30-32-34-36-37-38-39-41-42-44-46-48-50-52-54-56-58-60-62-64-66-68-75(80)85-72-74(73-86-78(77(82)83)84-71-70-79(3,4)5)87-76(81)69-67-65-63-61-59-57-55-53-51-49-47-45-43-40-35-33-31-29-27-25-23-21-19-17-15-13-11-9-7-2/h25,27,74,78H,6-24,26,28-73H2,1-5H3/p+1/b27-25-. The van der Waals surface area contributed by atoms with Gasteiger partial charge in [0.2, 0.25) is 0 Å². The predicted molar refractivity (Wildman–Crippen MR) is 374 cm³/mol. The molecule has 0 heterocycles. The van der Waals surface area contributed by atoms with Crippen LogP contribution in [0.2, 0.25) is 0 Å². The Morgan fingerprint density at radius 3 is 0.851 bits per heavy atom. The number of likely N-dealkylation sites (N-methyl/N-ethyl adjacent to an activating group) is 1. The number of carbonyl (C=O) groups excluding carboxylic acids is 2. The zero-order chi connectivity index (χ0) is 63.3. The van der Waals surface area contributed by atoms with Crippen LogP contribution in [0.1, 0.15) is 412 Å². The molecule has 2 unspecified atom stereocenters. The number of hydrogen-bond acceptors (Lipinski definition) is 7. The summed E-state index contributed by atoms with van der Waals surface area (Å²) in [6, 6.07) is 0. The zero-order valence-corrected chi connectivity index (χ0v) is 59.2. The summed E-state index contributed by atoms with van der Waals surface area (Å²) in [4.78, 5) is 37.7. The van der Waals surface area contributed by atoms with Crippen molar-refractivity contribution in [2.45, 2.75) is 424 Å². The van der Waals surface area contributed by atoms with Crippen molar-refractivity contribution in [3.8, 4) is 0 Å². The van der Waals surface area contributed by atoms with Crippen LogP contribution in [0.15, 0.2) is 12.2 Å². The molecule has 516 valence electrons. The molecule has 0 aromatic rings. The summed E-state index contributed by atoms with van der Waals surface area (Å²) in [7, 11) is 6.00. The molecule has 0 saturated heterocycles. The number of carboxylic acids is 1. The Morgan fingerprint density at radius 2 is 0.586 bits per heavy atom. The number of allylic oxidation sites excluding steroid dienone is 2. The van der Waals surface area contributed by atoms with Gasteiger partial charge in [0.25, 0.3) is 6.29 Å². The number of aliphatic carboxylic acids is 1. The van der Waals surface area contributed by atoms with Gasteiger partial charge in [0.1, 0.15) is 13.2 Å². The minimum Gasteiger partial charge on any atom is -0.477 e. The lowest BCUT2D eigenvalue weighted by Crippen LogP contribution is -2.40. The number of quaternary nitrogens is 1. The maximum atomic E-state index is 13.0.